The van der Waals surface area contributed by atoms with Crippen LogP contribution in [-0.2, 0) is 18.0 Å². The van der Waals surface area contributed by atoms with Gasteiger partial charge in [0.25, 0.3) is 0 Å². The van der Waals surface area contributed by atoms with Gasteiger partial charge in [-0.3, -0.25) is 13.4 Å². The Labute approximate surface area is 138 Å². The van der Waals surface area contributed by atoms with E-state index in [-0.39, 0.29) is 0 Å². The lowest BCUT2D eigenvalue weighted by molar-refractivity contribution is 0.360. The summed E-state index contributed by atoms with van der Waals surface area (Å²) in [6.45, 7) is 6.80. The van der Waals surface area contributed by atoms with Gasteiger partial charge in [-0.1, -0.05) is 6.92 Å². The Morgan fingerprint density at radius 2 is 1.96 bits per heavy atom. The predicted molar refractivity (Wildman–Crippen MR) is 92.0 cm³/mol. The fourth-order valence-electron chi connectivity index (χ4n) is 3.26. The van der Waals surface area contributed by atoms with E-state index in [2.05, 4.69) is 21.8 Å². The molecule has 1 aromatic heterocycles. The SMILES string of the molecule is CCCS1(=O)(c2cncc(N3CCCN(C)CC3)c2)OCCO1. The van der Waals surface area contributed by atoms with E-state index in [1.807, 2.05) is 19.2 Å². The van der Waals surface area contributed by atoms with Crippen molar-refractivity contribution in [2.75, 3.05) is 57.1 Å². The van der Waals surface area contributed by atoms with Crippen molar-refractivity contribution in [2.45, 2.75) is 24.7 Å². The minimum atomic E-state index is -3.68. The van der Waals surface area contributed by atoms with E-state index < -0.39 is 9.63 Å². The van der Waals surface area contributed by atoms with Crippen molar-refractivity contribution in [1.29, 1.82) is 0 Å². The van der Waals surface area contributed by atoms with E-state index in [9.17, 15) is 4.21 Å². The highest BCUT2D eigenvalue weighted by Gasteiger charge is 2.44. The first-order valence-electron chi connectivity index (χ1n) is 8.38. The first-order valence-corrected chi connectivity index (χ1v) is 10.4. The Morgan fingerprint density at radius 3 is 2.70 bits per heavy atom. The Kier molecular flexibility index (Phi) is 4.73. The minimum absolute atomic E-state index is 0.379. The van der Waals surface area contributed by atoms with Crippen LogP contribution in [0.2, 0.25) is 0 Å². The van der Waals surface area contributed by atoms with Gasteiger partial charge in [-0.25, -0.2) is 4.21 Å². The van der Waals surface area contributed by atoms with Crippen LogP contribution in [0.3, 0.4) is 0 Å². The van der Waals surface area contributed by atoms with Crippen LogP contribution in [0.4, 0.5) is 5.69 Å². The standard InChI is InChI=1S/C16H27N3O3S/c1-3-11-23(20,21-9-10-22-23)16-12-15(13-17-14-16)19-6-4-5-18(2)7-8-19/h12-14H,3-11H2,1-2H3. The van der Waals surface area contributed by atoms with Gasteiger partial charge in [0.2, 0.25) is 0 Å². The smallest absolute Gasteiger partial charge is 0.115 e. The van der Waals surface area contributed by atoms with Crippen molar-refractivity contribution < 1.29 is 12.6 Å². The molecule has 23 heavy (non-hydrogen) atoms. The van der Waals surface area contributed by atoms with Crippen molar-refractivity contribution in [3.8, 4) is 0 Å². The van der Waals surface area contributed by atoms with E-state index in [1.54, 1.807) is 6.20 Å². The first-order chi connectivity index (χ1) is 11.0. The highest BCUT2D eigenvalue weighted by Crippen LogP contribution is 2.43. The second kappa shape index (κ2) is 6.47. The highest BCUT2D eigenvalue weighted by atomic mass is 32.3. The summed E-state index contributed by atoms with van der Waals surface area (Å²) >= 11 is 0. The molecule has 0 atom stereocenters. The highest BCUT2D eigenvalue weighted by molar-refractivity contribution is 8.12. The number of anilines is 1. The molecule has 0 aliphatic carbocycles. The van der Waals surface area contributed by atoms with Crippen LogP contribution >= 0.6 is 0 Å². The van der Waals surface area contributed by atoms with Crippen LogP contribution in [0.25, 0.3) is 0 Å². The molecule has 2 aliphatic heterocycles. The number of nitrogens with zero attached hydrogens (tertiary/aromatic N) is 3. The molecule has 0 unspecified atom stereocenters. The molecule has 130 valence electrons. The molecule has 6 nitrogen and oxygen atoms in total. The average Bonchev–Trinajstić information content (AvgIpc) is 2.82. The van der Waals surface area contributed by atoms with Gasteiger partial charge in [0.05, 0.1) is 35.7 Å². The molecule has 2 fully saturated rings. The molecule has 7 heteroatoms. The van der Waals surface area contributed by atoms with Gasteiger partial charge < -0.3 is 9.80 Å². The summed E-state index contributed by atoms with van der Waals surface area (Å²) in [6, 6.07) is 1.95. The maximum absolute atomic E-state index is 13.6. The third-order valence-corrected chi connectivity index (χ3v) is 8.06. The van der Waals surface area contributed by atoms with Gasteiger partial charge in [0.15, 0.2) is 0 Å². The Balaban J connectivity index is 1.91. The Morgan fingerprint density at radius 1 is 1.17 bits per heavy atom. The molecule has 0 spiro atoms. The number of hydrogen-bond donors (Lipinski definition) is 0. The molecule has 0 aromatic carbocycles. The Bertz CT molecular complexity index is 612. The number of aromatic nitrogens is 1. The van der Waals surface area contributed by atoms with Crippen LogP contribution in [0.1, 0.15) is 19.8 Å². The summed E-state index contributed by atoms with van der Waals surface area (Å²) in [5.74, 6) is 0.394. The zero-order chi connectivity index (χ0) is 16.4. The van der Waals surface area contributed by atoms with Crippen molar-refractivity contribution in [2.24, 2.45) is 0 Å². The van der Waals surface area contributed by atoms with Gasteiger partial charge in [0, 0.05) is 25.8 Å². The topological polar surface area (TPSA) is 54.9 Å². The number of hydrogen-bond acceptors (Lipinski definition) is 6. The second-order valence-electron chi connectivity index (χ2n) is 6.32. The molecule has 0 N–H and O–H groups in total. The van der Waals surface area contributed by atoms with Crippen LogP contribution in [0, 0.1) is 0 Å². The first kappa shape index (κ1) is 16.8. The minimum Gasteiger partial charge on any atom is -0.369 e. The van der Waals surface area contributed by atoms with E-state index >= 15 is 0 Å². The summed E-state index contributed by atoms with van der Waals surface area (Å²) in [5, 5.41) is 0. The third-order valence-electron chi connectivity index (χ3n) is 4.52. The molecule has 0 radical (unpaired) electrons. The zero-order valence-corrected chi connectivity index (χ0v) is 14.9. The van der Waals surface area contributed by atoms with Crippen molar-refractivity contribution in [3.63, 3.8) is 0 Å². The molecular formula is C16H27N3O3S. The van der Waals surface area contributed by atoms with Crippen LogP contribution in [0.5, 0.6) is 0 Å². The molecule has 2 aliphatic rings. The van der Waals surface area contributed by atoms with Gasteiger partial charge in [-0.05, 0) is 32.5 Å². The van der Waals surface area contributed by atoms with Crippen LogP contribution in [-0.4, -0.2) is 66.3 Å². The lowest BCUT2D eigenvalue weighted by atomic mass is 10.3. The van der Waals surface area contributed by atoms with Crippen molar-refractivity contribution in [1.82, 2.24) is 9.88 Å². The molecule has 3 heterocycles. The van der Waals surface area contributed by atoms with Gasteiger partial charge in [0.1, 0.15) is 9.63 Å². The molecular weight excluding hydrogens is 314 g/mol. The van der Waals surface area contributed by atoms with E-state index in [0.717, 1.165) is 44.7 Å². The number of pyridine rings is 1. The largest absolute Gasteiger partial charge is 0.369 e. The van der Waals surface area contributed by atoms with Crippen LogP contribution < -0.4 is 4.90 Å². The number of likely N-dealkylation sites (N-methyl/N-ethyl adjacent to an activating group) is 1. The summed E-state index contributed by atoms with van der Waals surface area (Å²) in [7, 11) is -1.54. The molecule has 2 saturated heterocycles. The van der Waals surface area contributed by atoms with Gasteiger partial charge in [-0.2, -0.15) is 0 Å². The maximum atomic E-state index is 13.6. The predicted octanol–water partition coefficient (Wildman–Crippen LogP) is 1.69. The summed E-state index contributed by atoms with van der Waals surface area (Å²) < 4.78 is 25.0. The normalized spacial score (nSPS) is 26.3. The summed E-state index contributed by atoms with van der Waals surface area (Å²) in [6.07, 6.45) is 5.34. The zero-order valence-electron chi connectivity index (χ0n) is 14.1. The molecule has 0 bridgehead atoms. The fourth-order valence-corrected chi connectivity index (χ4v) is 6.20. The lowest BCUT2D eigenvalue weighted by Gasteiger charge is -2.36. The monoisotopic (exact) mass is 341 g/mol. The van der Waals surface area contributed by atoms with Gasteiger partial charge >= 0.3 is 0 Å². The Hall–Kier alpha value is -1.02. The molecule has 1 aromatic rings. The van der Waals surface area contributed by atoms with Crippen molar-refractivity contribution >= 4 is 15.3 Å². The van der Waals surface area contributed by atoms with E-state index in [1.165, 1.54) is 0 Å². The average molecular weight is 341 g/mol. The second-order valence-corrected chi connectivity index (χ2v) is 9.58. The van der Waals surface area contributed by atoms with Gasteiger partial charge in [-0.15, -0.1) is 0 Å². The lowest BCUT2D eigenvalue weighted by Crippen LogP contribution is -2.37. The maximum Gasteiger partial charge on any atom is 0.115 e. The third kappa shape index (κ3) is 3.28. The van der Waals surface area contributed by atoms with E-state index in [4.69, 9.17) is 8.37 Å². The molecule has 0 saturated carbocycles. The molecule has 3 rings (SSSR count). The quantitative estimate of drug-likeness (QED) is 0.831. The summed E-state index contributed by atoms with van der Waals surface area (Å²) in [5.41, 5.74) is 1.00. The molecule has 0 amide bonds. The van der Waals surface area contributed by atoms with E-state index in [0.29, 0.717) is 23.9 Å². The van der Waals surface area contributed by atoms with Crippen molar-refractivity contribution in [3.05, 3.63) is 18.5 Å². The van der Waals surface area contributed by atoms with Crippen LogP contribution in [0.15, 0.2) is 23.4 Å². The number of rotatable bonds is 4. The fraction of sp³-hybridized carbons (Fsp3) is 0.688. The summed E-state index contributed by atoms with van der Waals surface area (Å²) in [4.78, 5) is 9.57.